The summed E-state index contributed by atoms with van der Waals surface area (Å²) in [5.74, 6) is 0.139. The molecule has 0 atom stereocenters. The van der Waals surface area contributed by atoms with Crippen molar-refractivity contribution >= 4 is 37.6 Å². The first-order valence-corrected chi connectivity index (χ1v) is 15.6. The molecule has 0 aliphatic carbocycles. The molecule has 4 aromatic rings. The van der Waals surface area contributed by atoms with Crippen molar-refractivity contribution in [3.63, 3.8) is 0 Å². The van der Waals surface area contributed by atoms with E-state index in [1.165, 1.54) is 38.5 Å². The molecule has 0 aliphatic heterocycles. The minimum atomic E-state index is -4.09. The van der Waals surface area contributed by atoms with Crippen molar-refractivity contribution in [2.24, 2.45) is 0 Å². The minimum Gasteiger partial charge on any atom is -0.497 e. The van der Waals surface area contributed by atoms with Crippen molar-refractivity contribution in [2.75, 3.05) is 24.9 Å². The van der Waals surface area contributed by atoms with Crippen LogP contribution >= 0.6 is 0 Å². The number of benzene rings is 4. The number of anilines is 2. The van der Waals surface area contributed by atoms with Gasteiger partial charge in [0, 0.05) is 0 Å². The molecule has 0 unspecified atom stereocenters. The number of hydrogen-bond acceptors (Lipinski definition) is 9. The van der Waals surface area contributed by atoms with E-state index in [1.807, 2.05) is 0 Å². The van der Waals surface area contributed by atoms with E-state index in [-0.39, 0.29) is 22.9 Å². The molecule has 11 nitrogen and oxygen atoms in total. The van der Waals surface area contributed by atoms with Gasteiger partial charge in [-0.3, -0.25) is 0 Å². The normalized spacial score (nSPS) is 11.3. The number of ether oxygens (including phenoxy) is 2. The third-order valence-electron chi connectivity index (χ3n) is 5.71. The fourth-order valence-corrected chi connectivity index (χ4v) is 5.90. The summed E-state index contributed by atoms with van der Waals surface area (Å²) in [6.07, 6.45) is 0. The van der Waals surface area contributed by atoms with E-state index in [1.54, 1.807) is 72.8 Å². The molecule has 0 aromatic heterocycles. The maximum Gasteiger partial charge on any atom is 0.323 e. The van der Waals surface area contributed by atoms with Crippen molar-refractivity contribution in [1.29, 1.82) is 0 Å². The quantitative estimate of drug-likeness (QED) is 0.207. The lowest BCUT2D eigenvalue weighted by Gasteiger charge is -2.15. The van der Waals surface area contributed by atoms with Crippen LogP contribution < -0.4 is 28.5 Å². The number of carbonyl (C=O) groups excluding carboxylic acids is 1. The number of nitrogens with one attached hydrogen (secondary N) is 2. The number of hydrogen-bond donors (Lipinski definition) is 2. The van der Waals surface area contributed by atoms with E-state index in [9.17, 15) is 21.6 Å². The Bertz CT molecular complexity index is 1610. The highest BCUT2D eigenvalue weighted by Crippen LogP contribution is 2.29. The van der Waals surface area contributed by atoms with Crippen LogP contribution in [0.15, 0.2) is 97.1 Å². The number of methoxy groups -OCH3 is 2. The van der Waals surface area contributed by atoms with Crippen LogP contribution in [0.25, 0.3) is 0 Å². The van der Waals surface area contributed by atoms with Crippen molar-refractivity contribution in [2.45, 2.75) is 11.5 Å². The number of carbonyl (C=O) groups is 1. The first-order valence-electron chi connectivity index (χ1n) is 12.4. The zero-order valence-electron chi connectivity index (χ0n) is 22.6. The summed E-state index contributed by atoms with van der Waals surface area (Å²) in [4.78, 5) is 12.9. The van der Waals surface area contributed by atoms with Crippen LogP contribution in [0, 0.1) is 0 Å². The monoisotopic (exact) mass is 612 g/mol. The van der Waals surface area contributed by atoms with Crippen molar-refractivity contribution in [1.82, 2.24) is 0 Å². The molecule has 4 rings (SSSR count). The average molecular weight is 613 g/mol. The van der Waals surface area contributed by atoms with E-state index < -0.39 is 37.8 Å². The van der Waals surface area contributed by atoms with Crippen molar-refractivity contribution in [3.8, 4) is 23.0 Å². The first kappa shape index (κ1) is 30.2. The second-order valence-electron chi connectivity index (χ2n) is 8.84. The molecule has 2 N–H and O–H groups in total. The highest BCUT2D eigenvalue weighted by atomic mass is 32.2. The number of rotatable bonds is 12. The van der Waals surface area contributed by atoms with Gasteiger partial charge in [0.15, 0.2) is 11.5 Å². The molecule has 4 aromatic carbocycles. The number of para-hydroxylation sites is 4. The summed E-state index contributed by atoms with van der Waals surface area (Å²) in [7, 11) is -5.16. The van der Waals surface area contributed by atoms with Crippen LogP contribution in [-0.2, 0) is 31.7 Å². The van der Waals surface area contributed by atoms with Gasteiger partial charge >= 0.3 is 26.3 Å². The fraction of sp³-hybridized carbons (Fsp3) is 0.138. The van der Waals surface area contributed by atoms with E-state index in [4.69, 9.17) is 17.8 Å². The third kappa shape index (κ3) is 8.62. The minimum absolute atomic E-state index is 0.0684. The molecule has 220 valence electrons. The van der Waals surface area contributed by atoms with E-state index in [0.29, 0.717) is 22.6 Å². The highest BCUT2D eigenvalue weighted by Gasteiger charge is 2.20. The predicted molar refractivity (Wildman–Crippen MR) is 158 cm³/mol. The van der Waals surface area contributed by atoms with Crippen molar-refractivity contribution < 1.29 is 39.5 Å². The summed E-state index contributed by atoms with van der Waals surface area (Å²) in [5, 5.41) is 5.06. The summed E-state index contributed by atoms with van der Waals surface area (Å²) >= 11 is 0. The molecular formula is C29H28N2O9S2. The Balaban J connectivity index is 1.43. The SMILES string of the molecule is COc1ccc(CS(=O)(=O)Oc2ccccc2NC(=O)Nc2ccccc2OS(=O)(=O)Cc2ccc(OC)cc2)cc1. The molecule has 0 saturated heterocycles. The maximum atomic E-state index is 12.9. The lowest BCUT2D eigenvalue weighted by Crippen LogP contribution is -2.22. The van der Waals surface area contributed by atoms with Gasteiger partial charge < -0.3 is 28.5 Å². The van der Waals surface area contributed by atoms with Crippen molar-refractivity contribution in [3.05, 3.63) is 108 Å². The summed E-state index contributed by atoms with van der Waals surface area (Å²) < 4.78 is 71.7. The lowest BCUT2D eigenvalue weighted by atomic mass is 10.2. The van der Waals surface area contributed by atoms with E-state index in [2.05, 4.69) is 10.6 Å². The third-order valence-corrected chi connectivity index (χ3v) is 7.95. The van der Waals surface area contributed by atoms with Crippen LogP contribution in [0.5, 0.6) is 23.0 Å². The number of urea groups is 1. The second-order valence-corrected chi connectivity index (χ2v) is 12.0. The molecule has 0 heterocycles. The van der Waals surface area contributed by atoms with Crippen LogP contribution in [0.3, 0.4) is 0 Å². The molecule has 0 bridgehead atoms. The van der Waals surface area contributed by atoms with Gasteiger partial charge in [0.1, 0.15) is 23.0 Å². The van der Waals surface area contributed by atoms with Gasteiger partial charge in [-0.15, -0.1) is 0 Å². The smallest absolute Gasteiger partial charge is 0.323 e. The molecule has 13 heteroatoms. The van der Waals surface area contributed by atoms with Crippen LogP contribution in [0.4, 0.5) is 16.2 Å². The Labute approximate surface area is 244 Å². The predicted octanol–water partition coefficient (Wildman–Crippen LogP) is 5.17. The summed E-state index contributed by atoms with van der Waals surface area (Å²) in [5.41, 5.74) is 1.10. The van der Waals surface area contributed by atoms with Gasteiger partial charge in [0.05, 0.1) is 25.6 Å². The highest BCUT2D eigenvalue weighted by molar-refractivity contribution is 7.86. The van der Waals surface area contributed by atoms with Crippen LogP contribution in [0.1, 0.15) is 11.1 Å². The Morgan fingerprint density at radius 2 is 0.929 bits per heavy atom. The Hall–Kier alpha value is -4.75. The van der Waals surface area contributed by atoms with E-state index >= 15 is 0 Å². The summed E-state index contributed by atoms with van der Waals surface area (Å²) in [6.45, 7) is 0. The Kier molecular flexibility index (Phi) is 9.55. The second kappa shape index (κ2) is 13.3. The Morgan fingerprint density at radius 1 is 0.571 bits per heavy atom. The molecule has 0 aliphatic rings. The van der Waals surface area contributed by atoms with Gasteiger partial charge in [-0.1, -0.05) is 48.5 Å². The maximum absolute atomic E-state index is 12.9. The Morgan fingerprint density at radius 3 is 1.29 bits per heavy atom. The molecule has 0 radical (unpaired) electrons. The van der Waals surface area contributed by atoms with Gasteiger partial charge in [0.25, 0.3) is 0 Å². The van der Waals surface area contributed by atoms with Gasteiger partial charge in [-0.05, 0) is 59.7 Å². The molecule has 2 amide bonds. The van der Waals surface area contributed by atoms with Crippen LogP contribution in [-0.4, -0.2) is 37.1 Å². The number of amides is 2. The molecule has 0 fully saturated rings. The zero-order chi connectivity index (χ0) is 30.2. The fourth-order valence-electron chi connectivity index (χ4n) is 3.75. The lowest BCUT2D eigenvalue weighted by molar-refractivity contribution is 0.262. The first-order chi connectivity index (χ1) is 20.1. The molecule has 0 spiro atoms. The molecule has 42 heavy (non-hydrogen) atoms. The summed E-state index contributed by atoms with van der Waals surface area (Å²) in [6, 6.07) is 24.2. The average Bonchev–Trinajstić information content (AvgIpc) is 2.95. The van der Waals surface area contributed by atoms with Gasteiger partial charge in [-0.2, -0.15) is 16.8 Å². The largest absolute Gasteiger partial charge is 0.497 e. The molecule has 0 saturated carbocycles. The zero-order valence-corrected chi connectivity index (χ0v) is 24.3. The van der Waals surface area contributed by atoms with Crippen LogP contribution in [0.2, 0.25) is 0 Å². The van der Waals surface area contributed by atoms with E-state index in [0.717, 1.165) is 0 Å². The topological polar surface area (TPSA) is 146 Å². The van der Waals surface area contributed by atoms with Gasteiger partial charge in [0.2, 0.25) is 0 Å². The van der Waals surface area contributed by atoms with Gasteiger partial charge in [-0.25, -0.2) is 4.79 Å². The molecular weight excluding hydrogens is 584 g/mol. The standard InChI is InChI=1S/C29H28N2O9S2/c1-37-23-15-11-21(12-16-23)19-41(33,34)39-27-9-5-3-7-25(27)30-29(32)31-26-8-4-6-10-28(26)40-42(35,36)20-22-13-17-24(38-2)18-14-22/h3-18H,19-20H2,1-2H3,(H2,30,31,32).